The number of nitrogens with zero attached hydrogens (tertiary/aromatic N) is 2. The first-order valence-corrected chi connectivity index (χ1v) is 9.43. The quantitative estimate of drug-likeness (QED) is 0.335. The highest BCUT2D eigenvalue weighted by Gasteiger charge is 2.24. The zero-order valence-corrected chi connectivity index (χ0v) is 18.7. The zero-order valence-electron chi connectivity index (χ0n) is 9.16. The van der Waals surface area contributed by atoms with Gasteiger partial charge in [-0.25, -0.2) is 0 Å². The summed E-state index contributed by atoms with van der Waals surface area (Å²) in [6, 6.07) is 0. The van der Waals surface area contributed by atoms with Gasteiger partial charge in [0.25, 0.3) is 0 Å². The fourth-order valence-electron chi connectivity index (χ4n) is 1.70. The number of rotatable bonds is 1. The fourth-order valence-corrected chi connectivity index (χ4v) is 5.17. The van der Waals surface area contributed by atoms with Gasteiger partial charge in [-0.15, -0.1) is 0 Å². The highest BCUT2D eigenvalue weighted by atomic mass is 79.9. The molecule has 0 unspecified atom stereocenters. The molecule has 2 aromatic rings. The van der Waals surface area contributed by atoms with Crippen LogP contribution >= 0.6 is 95.6 Å². The van der Waals surface area contributed by atoms with Crippen LogP contribution in [0.25, 0.3) is 11.4 Å². The van der Waals surface area contributed by atoms with Gasteiger partial charge in [-0.1, -0.05) is 0 Å². The summed E-state index contributed by atoms with van der Waals surface area (Å²) >= 11 is 21.5. The van der Waals surface area contributed by atoms with Gasteiger partial charge in [-0.05, 0) is 95.6 Å². The SMILES string of the molecule is Cn1c(Br)c(Br)c(Br)c1-c1c(Br)c(Br)c(Br)n1C. The van der Waals surface area contributed by atoms with E-state index in [1.807, 2.05) is 14.1 Å². The summed E-state index contributed by atoms with van der Waals surface area (Å²) in [7, 11) is 4.02. The van der Waals surface area contributed by atoms with Crippen LogP contribution in [0.5, 0.6) is 0 Å². The Kier molecular flexibility index (Phi) is 4.99. The summed E-state index contributed by atoms with van der Waals surface area (Å²) in [6.07, 6.45) is 0. The molecule has 0 amide bonds. The van der Waals surface area contributed by atoms with Crippen molar-refractivity contribution in [1.82, 2.24) is 9.13 Å². The lowest BCUT2D eigenvalue weighted by atomic mass is 10.3. The first kappa shape index (κ1) is 15.8. The molecule has 0 saturated heterocycles. The van der Waals surface area contributed by atoms with Gasteiger partial charge in [-0.2, -0.15) is 0 Å². The number of hydrogen-bond donors (Lipinski definition) is 0. The Labute approximate surface area is 155 Å². The van der Waals surface area contributed by atoms with Gasteiger partial charge in [0.1, 0.15) is 9.21 Å². The lowest BCUT2D eigenvalue weighted by molar-refractivity contribution is 0.858. The number of aromatic nitrogens is 2. The minimum absolute atomic E-state index is 0.990. The second-order valence-corrected chi connectivity index (χ2v) is 8.33. The van der Waals surface area contributed by atoms with Gasteiger partial charge in [0.2, 0.25) is 0 Å². The highest BCUT2D eigenvalue weighted by Crippen LogP contribution is 2.47. The summed E-state index contributed by atoms with van der Waals surface area (Å²) in [4.78, 5) is 0. The molecule has 0 aliphatic heterocycles. The van der Waals surface area contributed by atoms with Crippen LogP contribution in [0, 0.1) is 0 Å². The first-order chi connectivity index (χ1) is 8.29. The van der Waals surface area contributed by atoms with Crippen molar-refractivity contribution in [1.29, 1.82) is 0 Å². The van der Waals surface area contributed by atoms with Crippen LogP contribution in [0.15, 0.2) is 27.1 Å². The van der Waals surface area contributed by atoms with E-state index in [1.165, 1.54) is 0 Å². The molecule has 2 heterocycles. The second kappa shape index (κ2) is 5.67. The fraction of sp³-hybridized carbons (Fsp3) is 0.200. The van der Waals surface area contributed by atoms with E-state index in [0.717, 1.165) is 38.5 Å². The molecule has 2 rings (SSSR count). The van der Waals surface area contributed by atoms with Gasteiger partial charge in [-0.3, -0.25) is 0 Å². The van der Waals surface area contributed by atoms with E-state index in [9.17, 15) is 0 Å². The summed E-state index contributed by atoms with van der Waals surface area (Å²) in [6.45, 7) is 0. The maximum atomic E-state index is 3.63. The van der Waals surface area contributed by atoms with Gasteiger partial charge >= 0.3 is 0 Å². The number of hydrogen-bond acceptors (Lipinski definition) is 0. The third kappa shape index (κ3) is 2.28. The maximum Gasteiger partial charge on any atom is 0.100 e. The average molecular weight is 634 g/mol. The topological polar surface area (TPSA) is 9.86 Å². The van der Waals surface area contributed by atoms with Gasteiger partial charge in [0, 0.05) is 14.1 Å². The molecule has 0 aromatic carbocycles. The van der Waals surface area contributed by atoms with E-state index in [2.05, 4.69) is 105 Å². The van der Waals surface area contributed by atoms with Crippen LogP contribution in [-0.4, -0.2) is 9.13 Å². The van der Waals surface area contributed by atoms with Crippen LogP contribution < -0.4 is 0 Å². The molecule has 0 aliphatic carbocycles. The average Bonchev–Trinajstić information content (AvgIpc) is 2.64. The van der Waals surface area contributed by atoms with E-state index in [0.29, 0.717) is 0 Å². The van der Waals surface area contributed by atoms with Crippen molar-refractivity contribution in [3.05, 3.63) is 27.1 Å². The normalized spacial score (nSPS) is 11.3. The zero-order chi connectivity index (χ0) is 13.8. The lowest BCUT2D eigenvalue weighted by Gasteiger charge is -2.08. The molecule has 0 bridgehead atoms. The Hall–Kier alpha value is 1.44. The lowest BCUT2D eigenvalue weighted by Crippen LogP contribution is -1.98. The van der Waals surface area contributed by atoms with Crippen LogP contribution in [0.1, 0.15) is 0 Å². The van der Waals surface area contributed by atoms with E-state index < -0.39 is 0 Å². The van der Waals surface area contributed by atoms with Crippen molar-refractivity contribution in [2.45, 2.75) is 0 Å². The molecule has 0 N–H and O–H groups in total. The van der Waals surface area contributed by atoms with Crippen molar-refractivity contribution in [2.24, 2.45) is 14.1 Å². The van der Waals surface area contributed by atoms with Crippen molar-refractivity contribution in [2.75, 3.05) is 0 Å². The predicted octanol–water partition coefficient (Wildman–Crippen LogP) is 6.61. The molecule has 0 radical (unpaired) electrons. The Morgan fingerprint density at radius 1 is 0.556 bits per heavy atom. The Morgan fingerprint density at radius 3 is 1.00 bits per heavy atom. The number of halogens is 6. The molecule has 8 heteroatoms. The van der Waals surface area contributed by atoms with E-state index in [-0.39, 0.29) is 0 Å². The summed E-state index contributed by atoms with van der Waals surface area (Å²) in [5, 5.41) is 0. The maximum absolute atomic E-state index is 3.63. The van der Waals surface area contributed by atoms with Crippen LogP contribution in [0.2, 0.25) is 0 Å². The molecule has 0 spiro atoms. The molecular weight excluding hydrogens is 628 g/mol. The summed E-state index contributed by atoms with van der Waals surface area (Å²) in [5.74, 6) is 0. The highest BCUT2D eigenvalue weighted by molar-refractivity contribution is 9.15. The molecule has 2 aromatic heterocycles. The third-order valence-electron chi connectivity index (χ3n) is 2.65. The molecule has 2 nitrogen and oxygen atoms in total. The summed E-state index contributed by atoms with van der Waals surface area (Å²) < 4.78 is 10.2. The molecular formula is C10H6Br6N2. The van der Waals surface area contributed by atoms with Gasteiger partial charge in [0.15, 0.2) is 0 Å². The largest absolute Gasteiger partial charge is 0.335 e. The molecule has 0 atom stereocenters. The minimum atomic E-state index is 0.990. The third-order valence-corrected chi connectivity index (χ3v) is 9.72. The van der Waals surface area contributed by atoms with Gasteiger partial charge < -0.3 is 9.13 Å². The smallest absolute Gasteiger partial charge is 0.100 e. The summed E-state index contributed by atoms with van der Waals surface area (Å²) in [5.41, 5.74) is 2.16. The first-order valence-electron chi connectivity index (χ1n) is 4.67. The Bertz CT molecular complexity index is 533. The van der Waals surface area contributed by atoms with Crippen molar-refractivity contribution < 1.29 is 0 Å². The molecule has 18 heavy (non-hydrogen) atoms. The van der Waals surface area contributed by atoms with Gasteiger partial charge in [0.05, 0.1) is 29.3 Å². The van der Waals surface area contributed by atoms with Crippen molar-refractivity contribution in [3.63, 3.8) is 0 Å². The minimum Gasteiger partial charge on any atom is -0.335 e. The van der Waals surface area contributed by atoms with Crippen LogP contribution in [-0.2, 0) is 14.1 Å². The van der Waals surface area contributed by atoms with E-state index >= 15 is 0 Å². The van der Waals surface area contributed by atoms with Crippen LogP contribution in [0.3, 0.4) is 0 Å². The monoisotopic (exact) mass is 628 g/mol. The van der Waals surface area contributed by atoms with Crippen LogP contribution in [0.4, 0.5) is 0 Å². The Balaban J connectivity index is 2.86. The van der Waals surface area contributed by atoms with E-state index in [1.54, 1.807) is 0 Å². The van der Waals surface area contributed by atoms with Crippen molar-refractivity contribution >= 4 is 95.6 Å². The van der Waals surface area contributed by atoms with Crippen molar-refractivity contribution in [3.8, 4) is 11.4 Å². The predicted molar refractivity (Wildman–Crippen MR) is 96.0 cm³/mol. The standard InChI is InChI=1S/C10H6Br6N2/c1-17-7(3(11)5(13)9(17)15)8-4(12)6(14)10(16)18(8)2/h1-2H3. The molecule has 0 fully saturated rings. The van der Waals surface area contributed by atoms with E-state index in [4.69, 9.17) is 0 Å². The second-order valence-electron chi connectivity index (χ2n) is 3.65. The Morgan fingerprint density at radius 2 is 0.833 bits per heavy atom. The molecule has 0 aliphatic rings. The molecule has 0 saturated carbocycles. The molecule has 98 valence electrons.